The molecule has 7 nitrogen and oxygen atoms in total. The molecule has 1 fully saturated rings. The summed E-state index contributed by atoms with van der Waals surface area (Å²) < 4.78 is 11.8. The van der Waals surface area contributed by atoms with Crippen LogP contribution in [0.2, 0.25) is 10.0 Å². The fraction of sp³-hybridized carbons (Fsp3) is 0.179. The summed E-state index contributed by atoms with van der Waals surface area (Å²) in [7, 11) is 0. The zero-order chi connectivity index (χ0) is 27.2. The van der Waals surface area contributed by atoms with Crippen molar-refractivity contribution in [3.63, 3.8) is 0 Å². The van der Waals surface area contributed by atoms with Gasteiger partial charge in [0.1, 0.15) is 6.61 Å². The number of carboxylic acids is 1. The summed E-state index contributed by atoms with van der Waals surface area (Å²) in [5.41, 5.74) is 2.13. The number of amides is 1. The van der Waals surface area contributed by atoms with Crippen molar-refractivity contribution in [2.75, 3.05) is 13.2 Å². The number of benzene rings is 3. The fourth-order valence-electron chi connectivity index (χ4n) is 3.64. The first-order chi connectivity index (χ1) is 18.3. The highest BCUT2D eigenvalue weighted by molar-refractivity contribution is 8.18. The molecular formula is C28H24Cl2N2O5S. The topological polar surface area (TPSA) is 88.4 Å². The van der Waals surface area contributed by atoms with Crippen LogP contribution in [0.4, 0.5) is 5.69 Å². The number of nitrogens with zero attached hydrogens (tertiary/aromatic N) is 2. The molecule has 4 rings (SSSR count). The third-order valence-corrected chi connectivity index (χ3v) is 7.08. The molecule has 38 heavy (non-hydrogen) atoms. The van der Waals surface area contributed by atoms with E-state index in [1.807, 2.05) is 32.0 Å². The molecule has 1 aliphatic heterocycles. The van der Waals surface area contributed by atoms with Crippen molar-refractivity contribution in [3.05, 3.63) is 92.3 Å². The van der Waals surface area contributed by atoms with Gasteiger partial charge in [0.25, 0.3) is 5.91 Å². The number of halogens is 2. The summed E-state index contributed by atoms with van der Waals surface area (Å²) >= 11 is 13.5. The average molecular weight is 571 g/mol. The van der Waals surface area contributed by atoms with Crippen LogP contribution >= 0.6 is 35.0 Å². The minimum Gasteiger partial charge on any atom is -0.490 e. The van der Waals surface area contributed by atoms with Gasteiger partial charge in [-0.2, -0.15) is 0 Å². The first-order valence-electron chi connectivity index (χ1n) is 11.8. The van der Waals surface area contributed by atoms with Crippen molar-refractivity contribution in [1.29, 1.82) is 0 Å². The van der Waals surface area contributed by atoms with Crippen LogP contribution in [0.3, 0.4) is 0 Å². The lowest BCUT2D eigenvalue weighted by Crippen LogP contribution is -2.28. The molecular weight excluding hydrogens is 547 g/mol. The Labute approximate surface area is 234 Å². The highest BCUT2D eigenvalue weighted by Crippen LogP contribution is 2.36. The summed E-state index contributed by atoms with van der Waals surface area (Å²) in [6, 6.07) is 16.9. The zero-order valence-corrected chi connectivity index (χ0v) is 22.9. The molecule has 0 aromatic heterocycles. The number of carbonyl (C=O) groups excluding carboxylic acids is 1. The Balaban J connectivity index is 1.57. The second-order valence-corrected chi connectivity index (χ2v) is 9.93. The molecule has 0 aliphatic carbocycles. The maximum absolute atomic E-state index is 13.1. The molecule has 196 valence electrons. The number of carboxylic acid groups (broad SMARTS) is 1. The number of aliphatic imine (C=N–C) groups is 1. The number of carbonyl (C=O) groups is 2. The number of rotatable bonds is 9. The molecule has 1 N–H and O–H groups in total. The van der Waals surface area contributed by atoms with Gasteiger partial charge in [-0.15, -0.1) is 0 Å². The van der Waals surface area contributed by atoms with Crippen LogP contribution in [0.25, 0.3) is 6.08 Å². The van der Waals surface area contributed by atoms with Gasteiger partial charge in [-0.05, 0) is 79.7 Å². The molecule has 0 atom stereocenters. The van der Waals surface area contributed by atoms with Gasteiger partial charge >= 0.3 is 5.97 Å². The maximum Gasteiger partial charge on any atom is 0.335 e. The van der Waals surface area contributed by atoms with Gasteiger partial charge in [-0.1, -0.05) is 41.4 Å². The predicted molar refractivity (Wildman–Crippen MR) is 152 cm³/mol. The Kier molecular flexibility index (Phi) is 8.99. The van der Waals surface area contributed by atoms with Gasteiger partial charge in [0, 0.05) is 22.2 Å². The van der Waals surface area contributed by atoms with E-state index in [9.17, 15) is 14.7 Å². The maximum atomic E-state index is 13.1. The second-order valence-electron chi connectivity index (χ2n) is 8.07. The summed E-state index contributed by atoms with van der Waals surface area (Å²) in [5, 5.41) is 10.8. The number of likely N-dealkylation sites (N-methyl/N-ethyl adjacent to an activating group) is 1. The molecule has 1 amide bonds. The molecule has 3 aromatic carbocycles. The summed E-state index contributed by atoms with van der Waals surface area (Å²) in [6.07, 6.45) is 1.77. The van der Waals surface area contributed by atoms with E-state index in [2.05, 4.69) is 4.99 Å². The molecule has 0 spiro atoms. The standard InChI is InChI=1S/C28H24Cl2N2O5S/c1-3-32-26(33)25(38-28(32)31-21-7-5-6-18(14-21)27(34)35)13-17-8-11-23(24(12-17)36-4-2)37-16-19-9-10-20(29)15-22(19)30/h5-15H,3-4,16H2,1-2H3,(H,34,35). The van der Waals surface area contributed by atoms with Crippen molar-refractivity contribution in [2.24, 2.45) is 4.99 Å². The SMILES string of the molecule is CCOc1cc(C=C2SC(=Nc3cccc(C(=O)O)c3)N(CC)C2=O)ccc1OCc1ccc(Cl)cc1Cl. The molecule has 0 bridgehead atoms. The minimum atomic E-state index is -1.04. The molecule has 10 heteroatoms. The smallest absolute Gasteiger partial charge is 0.335 e. The quantitative estimate of drug-likeness (QED) is 0.271. The largest absolute Gasteiger partial charge is 0.490 e. The van der Waals surface area contributed by atoms with Gasteiger partial charge < -0.3 is 14.6 Å². The summed E-state index contributed by atoms with van der Waals surface area (Å²) in [5.74, 6) is -0.138. The number of hydrogen-bond acceptors (Lipinski definition) is 6. The summed E-state index contributed by atoms with van der Waals surface area (Å²) in [4.78, 5) is 31.0. The number of aromatic carboxylic acids is 1. The Morgan fingerprint density at radius 2 is 1.87 bits per heavy atom. The van der Waals surface area contributed by atoms with Gasteiger partial charge in [-0.3, -0.25) is 9.69 Å². The van der Waals surface area contributed by atoms with Crippen LogP contribution < -0.4 is 9.47 Å². The molecule has 0 radical (unpaired) electrons. The number of amidine groups is 1. The van der Waals surface area contributed by atoms with Crippen LogP contribution in [0.5, 0.6) is 11.5 Å². The Morgan fingerprint density at radius 1 is 1.05 bits per heavy atom. The van der Waals surface area contributed by atoms with Crippen molar-refractivity contribution in [2.45, 2.75) is 20.5 Å². The van der Waals surface area contributed by atoms with E-state index in [1.165, 1.54) is 23.9 Å². The van der Waals surface area contributed by atoms with Gasteiger partial charge in [0.15, 0.2) is 16.7 Å². The van der Waals surface area contributed by atoms with Crippen LogP contribution in [0.1, 0.15) is 35.3 Å². The minimum absolute atomic E-state index is 0.129. The Morgan fingerprint density at radius 3 is 2.58 bits per heavy atom. The number of thioether (sulfide) groups is 1. The third kappa shape index (κ3) is 6.51. The van der Waals surface area contributed by atoms with E-state index in [-0.39, 0.29) is 18.1 Å². The van der Waals surface area contributed by atoms with E-state index in [0.29, 0.717) is 50.5 Å². The lowest BCUT2D eigenvalue weighted by Gasteiger charge is -2.13. The van der Waals surface area contributed by atoms with Crippen LogP contribution in [-0.4, -0.2) is 40.2 Å². The summed E-state index contributed by atoms with van der Waals surface area (Å²) in [6.45, 7) is 4.82. The molecule has 1 aliphatic rings. The van der Waals surface area contributed by atoms with Crippen molar-refractivity contribution < 1.29 is 24.2 Å². The van der Waals surface area contributed by atoms with E-state index in [0.717, 1.165) is 11.1 Å². The normalized spacial score (nSPS) is 15.4. The highest BCUT2D eigenvalue weighted by atomic mass is 35.5. The molecule has 1 saturated heterocycles. The van der Waals surface area contributed by atoms with Crippen LogP contribution in [0, 0.1) is 0 Å². The monoisotopic (exact) mass is 570 g/mol. The van der Waals surface area contributed by atoms with Crippen molar-refractivity contribution >= 4 is 63.8 Å². The average Bonchev–Trinajstić information content (AvgIpc) is 3.18. The lowest BCUT2D eigenvalue weighted by molar-refractivity contribution is -0.122. The lowest BCUT2D eigenvalue weighted by atomic mass is 10.1. The van der Waals surface area contributed by atoms with Crippen molar-refractivity contribution in [3.8, 4) is 11.5 Å². The molecule has 0 unspecified atom stereocenters. The van der Waals surface area contributed by atoms with E-state index >= 15 is 0 Å². The first-order valence-corrected chi connectivity index (χ1v) is 13.3. The van der Waals surface area contributed by atoms with E-state index < -0.39 is 5.97 Å². The Bertz CT molecular complexity index is 1440. The fourth-order valence-corrected chi connectivity index (χ4v) is 5.16. The number of hydrogen-bond donors (Lipinski definition) is 1. The highest BCUT2D eigenvalue weighted by Gasteiger charge is 2.32. The molecule has 1 heterocycles. The third-order valence-electron chi connectivity index (χ3n) is 5.49. The van der Waals surface area contributed by atoms with Gasteiger partial charge in [-0.25, -0.2) is 9.79 Å². The predicted octanol–water partition coefficient (Wildman–Crippen LogP) is 7.29. The molecule has 0 saturated carbocycles. The van der Waals surface area contributed by atoms with Crippen molar-refractivity contribution in [1.82, 2.24) is 4.90 Å². The first kappa shape index (κ1) is 27.6. The number of ether oxygens (including phenoxy) is 2. The van der Waals surface area contributed by atoms with E-state index in [4.69, 9.17) is 32.7 Å². The molecule has 3 aromatic rings. The second kappa shape index (κ2) is 12.4. The van der Waals surface area contributed by atoms with Gasteiger partial charge in [0.2, 0.25) is 0 Å². The van der Waals surface area contributed by atoms with E-state index in [1.54, 1.807) is 41.3 Å². The zero-order valence-electron chi connectivity index (χ0n) is 20.6. The van der Waals surface area contributed by atoms with Crippen LogP contribution in [0.15, 0.2) is 70.6 Å². The Hall–Kier alpha value is -3.46. The van der Waals surface area contributed by atoms with Crippen LogP contribution in [-0.2, 0) is 11.4 Å². The van der Waals surface area contributed by atoms with Gasteiger partial charge in [0.05, 0.1) is 22.8 Å².